The molecule has 1 spiro atoms. The number of tetrazole rings is 1. The number of hydrogen-bond donors (Lipinski definition) is 1. The van der Waals surface area contributed by atoms with Crippen LogP contribution in [0.15, 0.2) is 83.4 Å². The zero-order valence-electron chi connectivity index (χ0n) is 23.7. The largest absolute Gasteiger partial charge is 0.467 e. The summed E-state index contributed by atoms with van der Waals surface area (Å²) in [6, 6.07) is 19.1. The van der Waals surface area contributed by atoms with Crippen LogP contribution in [-0.4, -0.2) is 48.2 Å². The zero-order chi connectivity index (χ0) is 27.7. The van der Waals surface area contributed by atoms with Crippen molar-refractivity contribution in [3.8, 4) is 0 Å². The van der Waals surface area contributed by atoms with Gasteiger partial charge in [-0.25, -0.2) is 15.1 Å². The molecule has 0 radical (unpaired) electrons. The first kappa shape index (κ1) is 25.9. The smallest absolute Gasteiger partial charge is 0.254 e. The van der Waals surface area contributed by atoms with Crippen LogP contribution in [0.1, 0.15) is 81.4 Å². The topological polar surface area (TPSA) is 93.9 Å². The van der Waals surface area contributed by atoms with Crippen LogP contribution in [-0.2, 0) is 16.7 Å². The maximum Gasteiger partial charge on any atom is 0.254 e. The van der Waals surface area contributed by atoms with E-state index < -0.39 is 5.41 Å². The number of fused-ring (bicyclic) bond motifs is 1. The van der Waals surface area contributed by atoms with Crippen LogP contribution in [0.4, 0.5) is 0 Å². The average Bonchev–Trinajstić information content (AvgIpc) is 3.77. The Kier molecular flexibility index (Phi) is 6.77. The van der Waals surface area contributed by atoms with Crippen LogP contribution in [0.3, 0.4) is 0 Å². The van der Waals surface area contributed by atoms with Crippen molar-refractivity contribution >= 4 is 16.9 Å². The molecule has 2 aromatic carbocycles. The van der Waals surface area contributed by atoms with E-state index in [2.05, 4.69) is 98.9 Å². The molecule has 8 nitrogen and oxygen atoms in total. The van der Waals surface area contributed by atoms with E-state index in [1.165, 1.54) is 30.4 Å². The summed E-state index contributed by atoms with van der Waals surface area (Å²) in [5, 5.41) is 15.7. The molecule has 41 heavy (non-hydrogen) atoms. The zero-order valence-corrected chi connectivity index (χ0v) is 23.7. The summed E-state index contributed by atoms with van der Waals surface area (Å²) in [6.45, 7) is 3.62. The minimum Gasteiger partial charge on any atom is -0.467 e. The second kappa shape index (κ2) is 10.7. The van der Waals surface area contributed by atoms with Crippen LogP contribution in [0.25, 0.3) is 11.0 Å². The highest BCUT2D eigenvalue weighted by Gasteiger charge is 2.45. The summed E-state index contributed by atoms with van der Waals surface area (Å²) >= 11 is 0. The number of H-pyrrole nitrogens is 1. The molecule has 3 aliphatic rings. The van der Waals surface area contributed by atoms with Crippen molar-refractivity contribution in [2.45, 2.75) is 81.8 Å². The fraction of sp³-hybridized carbons (Fsp3) is 0.424. The third kappa shape index (κ3) is 4.59. The van der Waals surface area contributed by atoms with Crippen molar-refractivity contribution in [2.24, 2.45) is 4.99 Å². The van der Waals surface area contributed by atoms with Gasteiger partial charge in [0.15, 0.2) is 11.6 Å². The van der Waals surface area contributed by atoms with Crippen LogP contribution in [0.5, 0.6) is 0 Å². The van der Waals surface area contributed by atoms with Gasteiger partial charge < -0.3 is 9.30 Å². The lowest BCUT2D eigenvalue weighted by Crippen LogP contribution is -2.37. The average molecular weight is 548 g/mol. The van der Waals surface area contributed by atoms with Gasteiger partial charge in [-0.1, -0.05) is 86.9 Å². The fourth-order valence-electron chi connectivity index (χ4n) is 7.19. The molecule has 7 rings (SSSR count). The molecule has 210 valence electrons. The Hall–Kier alpha value is -4.07. The van der Waals surface area contributed by atoms with Gasteiger partial charge in [0.25, 0.3) is 5.90 Å². The van der Waals surface area contributed by atoms with Gasteiger partial charge in [-0.3, -0.25) is 0 Å². The molecule has 2 atom stereocenters. The quantitative estimate of drug-likeness (QED) is 0.274. The summed E-state index contributed by atoms with van der Waals surface area (Å²) in [4.78, 5) is 10.1. The molecule has 4 aromatic rings. The predicted octanol–water partition coefficient (Wildman–Crippen LogP) is 6.44. The number of imidazole rings is 1. The number of benzene rings is 2. The number of para-hydroxylation sites is 2. The van der Waals surface area contributed by atoms with Gasteiger partial charge in [-0.15, -0.1) is 5.10 Å². The number of allylic oxidation sites excluding steroid dienone is 4. The second-order valence-electron chi connectivity index (χ2n) is 11.8. The minimum absolute atomic E-state index is 0.0418. The SMILES string of the molecule is CCCCC1(c2nnn[nH]2)C=CC=C(Cn2c(C3=NCC4(CCCCC4)O3)nc3ccccc32)C1c1ccccc1. The van der Waals surface area contributed by atoms with Crippen molar-refractivity contribution < 1.29 is 4.74 Å². The normalized spacial score (nSPS) is 23.5. The Morgan fingerprint density at radius 3 is 2.66 bits per heavy atom. The number of aromatic nitrogens is 6. The van der Waals surface area contributed by atoms with Crippen LogP contribution in [0, 0.1) is 0 Å². The summed E-state index contributed by atoms with van der Waals surface area (Å²) < 4.78 is 9.01. The van der Waals surface area contributed by atoms with Crippen molar-refractivity contribution in [2.75, 3.05) is 6.54 Å². The van der Waals surface area contributed by atoms with E-state index in [-0.39, 0.29) is 11.5 Å². The van der Waals surface area contributed by atoms with E-state index in [4.69, 9.17) is 14.7 Å². The van der Waals surface area contributed by atoms with Gasteiger partial charge in [0.05, 0.1) is 23.0 Å². The lowest BCUT2D eigenvalue weighted by molar-refractivity contribution is 0.0467. The Bertz CT molecular complexity index is 1600. The summed E-state index contributed by atoms with van der Waals surface area (Å²) in [5.41, 5.74) is 4.01. The number of ether oxygens (including phenoxy) is 1. The number of aromatic amines is 1. The fourth-order valence-corrected chi connectivity index (χ4v) is 7.19. The van der Waals surface area contributed by atoms with Crippen molar-refractivity contribution in [3.63, 3.8) is 0 Å². The van der Waals surface area contributed by atoms with Crippen molar-refractivity contribution in [1.29, 1.82) is 0 Å². The van der Waals surface area contributed by atoms with E-state index in [1.54, 1.807) is 0 Å². The molecule has 0 bridgehead atoms. The number of aliphatic imine (C=N–C) groups is 1. The number of hydrogen-bond acceptors (Lipinski definition) is 6. The molecule has 3 heterocycles. The Labute approximate surface area is 240 Å². The third-order valence-electron chi connectivity index (χ3n) is 9.23. The van der Waals surface area contributed by atoms with Gasteiger partial charge >= 0.3 is 0 Å². The Morgan fingerprint density at radius 1 is 1.02 bits per heavy atom. The minimum atomic E-state index is -0.394. The molecule has 0 saturated heterocycles. The van der Waals surface area contributed by atoms with Gasteiger partial charge in [-0.2, -0.15) is 0 Å². The molecule has 1 saturated carbocycles. The summed E-state index contributed by atoms with van der Waals surface area (Å²) in [6.07, 6.45) is 15.7. The highest BCUT2D eigenvalue weighted by molar-refractivity contribution is 5.96. The lowest BCUT2D eigenvalue weighted by Gasteiger charge is -2.40. The summed E-state index contributed by atoms with van der Waals surface area (Å²) in [5.74, 6) is 2.35. The van der Waals surface area contributed by atoms with E-state index in [1.807, 2.05) is 6.07 Å². The third-order valence-corrected chi connectivity index (χ3v) is 9.23. The molecule has 1 aliphatic heterocycles. The molecule has 1 N–H and O–H groups in total. The Morgan fingerprint density at radius 2 is 1.85 bits per heavy atom. The monoisotopic (exact) mass is 547 g/mol. The number of rotatable bonds is 8. The van der Waals surface area contributed by atoms with Gasteiger partial charge in [0, 0.05) is 12.5 Å². The lowest BCUT2D eigenvalue weighted by atomic mass is 9.63. The molecule has 8 heteroatoms. The van der Waals surface area contributed by atoms with E-state index in [0.717, 1.165) is 61.3 Å². The second-order valence-corrected chi connectivity index (χ2v) is 11.8. The number of nitrogens with zero attached hydrogens (tertiary/aromatic N) is 6. The number of nitrogens with one attached hydrogen (secondary N) is 1. The molecular weight excluding hydrogens is 510 g/mol. The molecule has 2 unspecified atom stereocenters. The van der Waals surface area contributed by atoms with Gasteiger partial charge in [-0.05, 0) is 65.8 Å². The predicted molar refractivity (Wildman–Crippen MR) is 160 cm³/mol. The molecule has 1 fully saturated rings. The van der Waals surface area contributed by atoms with Crippen molar-refractivity contribution in [3.05, 3.63) is 95.6 Å². The molecular formula is C33H37N7O. The molecule has 2 aromatic heterocycles. The highest BCUT2D eigenvalue weighted by atomic mass is 16.5. The van der Waals surface area contributed by atoms with Crippen molar-refractivity contribution in [1.82, 2.24) is 30.2 Å². The molecule has 0 amide bonds. The first-order valence-electron chi connectivity index (χ1n) is 15.1. The summed E-state index contributed by atoms with van der Waals surface area (Å²) in [7, 11) is 0. The van der Waals surface area contributed by atoms with E-state index in [9.17, 15) is 0 Å². The van der Waals surface area contributed by atoms with Gasteiger partial charge in [0.1, 0.15) is 5.60 Å². The first-order chi connectivity index (χ1) is 20.2. The standard InChI is InChI=1S/C33H37N7O/c1-2-3-20-33(31-36-38-39-37-31)21-12-15-25(28(33)24-13-6-4-7-14-24)22-40-27-17-9-8-16-26(27)35-29(40)30-34-23-32(41-30)18-10-5-11-19-32/h4,6-9,12-17,21,28H,2-3,5,10-11,18-20,22-23H2,1H3,(H,36,37,38,39). The Balaban J connectivity index is 1.33. The maximum atomic E-state index is 6.70. The first-order valence-corrected chi connectivity index (χ1v) is 15.1. The maximum absolute atomic E-state index is 6.70. The van der Waals surface area contributed by atoms with E-state index >= 15 is 0 Å². The van der Waals surface area contributed by atoms with Crippen LogP contribution >= 0.6 is 0 Å². The van der Waals surface area contributed by atoms with Gasteiger partial charge in [0.2, 0.25) is 0 Å². The molecule has 2 aliphatic carbocycles. The van der Waals surface area contributed by atoms with Crippen LogP contribution in [0.2, 0.25) is 0 Å². The van der Waals surface area contributed by atoms with Crippen LogP contribution < -0.4 is 0 Å². The van der Waals surface area contributed by atoms with E-state index in [0.29, 0.717) is 12.4 Å². The number of unbranched alkanes of at least 4 members (excludes halogenated alkanes) is 1. The highest BCUT2D eigenvalue weighted by Crippen LogP contribution is 2.49.